The molecule has 1 N–H and O–H groups in total. The van der Waals surface area contributed by atoms with E-state index in [-0.39, 0.29) is 5.82 Å². The number of anilines is 1. The first-order valence-corrected chi connectivity index (χ1v) is 7.71. The van der Waals surface area contributed by atoms with Crippen molar-refractivity contribution in [3.05, 3.63) is 41.0 Å². The summed E-state index contributed by atoms with van der Waals surface area (Å²) in [7, 11) is 3.76. The summed E-state index contributed by atoms with van der Waals surface area (Å²) in [6.07, 6.45) is 1.75. The van der Waals surface area contributed by atoms with Crippen LogP contribution in [0.25, 0.3) is 11.1 Å². The molecule has 6 heteroatoms. The van der Waals surface area contributed by atoms with Gasteiger partial charge in [-0.15, -0.1) is 11.3 Å². The lowest BCUT2D eigenvalue weighted by Crippen LogP contribution is -2.11. The van der Waals surface area contributed by atoms with E-state index in [0.717, 1.165) is 11.1 Å². The number of hydrogen-bond donors (Lipinski definition) is 1. The van der Waals surface area contributed by atoms with Gasteiger partial charge in [0.1, 0.15) is 11.4 Å². The Hall–Kier alpha value is -2.21. The van der Waals surface area contributed by atoms with Gasteiger partial charge in [0, 0.05) is 10.9 Å². The fourth-order valence-corrected chi connectivity index (χ4v) is 2.82. The van der Waals surface area contributed by atoms with E-state index in [2.05, 4.69) is 5.32 Å². The van der Waals surface area contributed by atoms with Gasteiger partial charge in [-0.2, -0.15) is 0 Å². The van der Waals surface area contributed by atoms with E-state index in [1.165, 1.54) is 23.5 Å². The van der Waals surface area contributed by atoms with E-state index in [1.807, 2.05) is 24.1 Å². The van der Waals surface area contributed by atoms with Crippen molar-refractivity contribution in [1.82, 2.24) is 0 Å². The van der Waals surface area contributed by atoms with Crippen LogP contribution in [0.5, 0.6) is 0 Å². The molecular formula is C16H18FN2O2S+. The van der Waals surface area contributed by atoms with E-state index >= 15 is 0 Å². The second-order valence-corrected chi connectivity index (χ2v) is 5.70. The molecule has 0 aliphatic heterocycles. The zero-order chi connectivity index (χ0) is 16.1. The van der Waals surface area contributed by atoms with E-state index in [4.69, 9.17) is 4.74 Å². The van der Waals surface area contributed by atoms with E-state index in [9.17, 15) is 9.18 Å². The molecule has 0 radical (unpaired) electrons. The third-order valence-corrected chi connectivity index (χ3v) is 3.79. The SMILES string of the molecule is CCOC(=O)c1c(-c2ccc(F)cc2)csc1NC=[N+](C)C. The molecule has 0 atom stereocenters. The molecule has 0 fully saturated rings. The number of carbonyl (C=O) groups excluding carboxylic acids is 1. The minimum atomic E-state index is -0.391. The average Bonchev–Trinajstić information content (AvgIpc) is 2.90. The lowest BCUT2D eigenvalue weighted by atomic mass is 10.0. The van der Waals surface area contributed by atoms with Crippen molar-refractivity contribution in [2.75, 3.05) is 26.0 Å². The average molecular weight is 321 g/mol. The van der Waals surface area contributed by atoms with Gasteiger partial charge in [0.15, 0.2) is 5.00 Å². The topological polar surface area (TPSA) is 41.3 Å². The molecule has 0 saturated carbocycles. The first-order valence-electron chi connectivity index (χ1n) is 6.83. The highest BCUT2D eigenvalue weighted by molar-refractivity contribution is 7.15. The van der Waals surface area contributed by atoms with Crippen LogP contribution in [0.4, 0.5) is 9.39 Å². The highest BCUT2D eigenvalue weighted by Gasteiger charge is 2.23. The molecule has 1 heterocycles. The Morgan fingerprint density at radius 2 is 2.05 bits per heavy atom. The molecule has 0 saturated heterocycles. The van der Waals surface area contributed by atoms with Crippen molar-refractivity contribution in [2.24, 2.45) is 0 Å². The van der Waals surface area contributed by atoms with Crippen molar-refractivity contribution in [1.29, 1.82) is 0 Å². The zero-order valence-corrected chi connectivity index (χ0v) is 13.5. The monoisotopic (exact) mass is 321 g/mol. The standard InChI is InChI=1S/C16H17FN2O2S/c1-4-21-16(20)14-13(11-5-7-12(17)8-6-11)9-22-15(14)18-10-19(2)3/h5-10H,4H2,1-3H3/p+1. The smallest absolute Gasteiger partial charge is 0.344 e. The van der Waals surface area contributed by atoms with Gasteiger partial charge in [-0.1, -0.05) is 12.1 Å². The summed E-state index contributed by atoms with van der Waals surface area (Å²) in [5.41, 5.74) is 1.98. The molecule has 0 aliphatic rings. The van der Waals surface area contributed by atoms with Crippen LogP contribution in [0.1, 0.15) is 17.3 Å². The summed E-state index contributed by atoms with van der Waals surface area (Å²) in [5, 5.41) is 5.66. The van der Waals surface area contributed by atoms with E-state index < -0.39 is 5.97 Å². The number of ether oxygens (including phenoxy) is 1. The van der Waals surface area contributed by atoms with Crippen LogP contribution in [0.2, 0.25) is 0 Å². The Morgan fingerprint density at radius 3 is 2.64 bits per heavy atom. The number of nitrogens with one attached hydrogen (secondary N) is 1. The molecule has 0 aliphatic carbocycles. The van der Waals surface area contributed by atoms with Crippen LogP contribution >= 0.6 is 11.3 Å². The molecule has 1 aromatic carbocycles. The summed E-state index contributed by atoms with van der Waals surface area (Å²) in [4.78, 5) is 12.3. The van der Waals surface area contributed by atoms with Crippen LogP contribution in [-0.2, 0) is 4.74 Å². The van der Waals surface area contributed by atoms with E-state index in [0.29, 0.717) is 17.2 Å². The second kappa shape index (κ2) is 7.17. The Kier molecular flexibility index (Phi) is 5.27. The largest absolute Gasteiger partial charge is 0.462 e. The summed E-state index contributed by atoms with van der Waals surface area (Å²) >= 11 is 1.41. The normalized spacial score (nSPS) is 10.2. The van der Waals surface area contributed by atoms with Crippen molar-refractivity contribution in [3.8, 4) is 11.1 Å². The Balaban J connectivity index is 2.47. The molecule has 2 aromatic rings. The minimum absolute atomic E-state index is 0.300. The number of benzene rings is 1. The second-order valence-electron chi connectivity index (χ2n) is 4.82. The zero-order valence-electron chi connectivity index (χ0n) is 12.7. The molecule has 116 valence electrons. The molecule has 22 heavy (non-hydrogen) atoms. The Bertz CT molecular complexity index is 689. The quantitative estimate of drug-likeness (QED) is 0.397. The van der Waals surface area contributed by atoms with Gasteiger partial charge in [-0.05, 0) is 24.6 Å². The van der Waals surface area contributed by atoms with E-state index in [1.54, 1.807) is 25.4 Å². The molecule has 0 spiro atoms. The summed E-state index contributed by atoms with van der Waals surface area (Å²) in [6.45, 7) is 2.06. The molecular weight excluding hydrogens is 303 g/mol. The highest BCUT2D eigenvalue weighted by atomic mass is 32.1. The lowest BCUT2D eigenvalue weighted by molar-refractivity contribution is -0.459. The highest BCUT2D eigenvalue weighted by Crippen LogP contribution is 2.36. The van der Waals surface area contributed by atoms with Gasteiger partial charge in [0.05, 0.1) is 20.7 Å². The fraction of sp³-hybridized carbons (Fsp3) is 0.250. The summed E-state index contributed by atoms with van der Waals surface area (Å²) in [5.74, 6) is -0.700. The Labute approximate surface area is 132 Å². The number of nitrogens with zero attached hydrogens (tertiary/aromatic N) is 1. The maximum absolute atomic E-state index is 13.1. The van der Waals surface area contributed by atoms with Crippen LogP contribution in [0, 0.1) is 5.82 Å². The predicted octanol–water partition coefficient (Wildman–Crippen LogP) is 3.44. The van der Waals surface area contributed by atoms with Crippen LogP contribution < -0.4 is 5.32 Å². The number of hydrogen-bond acceptors (Lipinski definition) is 3. The molecule has 0 bridgehead atoms. The van der Waals surface area contributed by atoms with Crippen molar-refractivity contribution >= 4 is 28.6 Å². The first kappa shape index (κ1) is 16.2. The fourth-order valence-electron chi connectivity index (χ4n) is 1.90. The molecule has 0 unspecified atom stereocenters. The summed E-state index contributed by atoms with van der Waals surface area (Å²) in [6, 6.07) is 6.06. The minimum Gasteiger partial charge on any atom is -0.462 e. The van der Waals surface area contributed by atoms with Gasteiger partial charge in [-0.25, -0.2) is 14.5 Å². The Morgan fingerprint density at radius 1 is 1.36 bits per heavy atom. The third kappa shape index (κ3) is 3.71. The van der Waals surface area contributed by atoms with Gasteiger partial charge in [0.25, 0.3) is 0 Å². The van der Waals surface area contributed by atoms with Crippen LogP contribution in [-0.4, -0.2) is 37.6 Å². The molecule has 4 nitrogen and oxygen atoms in total. The maximum Gasteiger partial charge on any atom is 0.344 e. The number of esters is 1. The molecule has 0 amide bonds. The van der Waals surface area contributed by atoms with Crippen molar-refractivity contribution in [3.63, 3.8) is 0 Å². The number of carbonyl (C=O) groups is 1. The predicted molar refractivity (Wildman–Crippen MR) is 87.5 cm³/mol. The number of halogens is 1. The van der Waals surface area contributed by atoms with Crippen molar-refractivity contribution in [2.45, 2.75) is 6.92 Å². The van der Waals surface area contributed by atoms with Gasteiger partial charge >= 0.3 is 5.97 Å². The van der Waals surface area contributed by atoms with Gasteiger partial charge < -0.3 is 4.74 Å². The molecule has 1 aromatic heterocycles. The number of thiophene rings is 1. The molecule has 2 rings (SSSR count). The maximum atomic E-state index is 13.1. The van der Waals surface area contributed by atoms with Crippen LogP contribution in [0.15, 0.2) is 29.6 Å². The van der Waals surface area contributed by atoms with Crippen LogP contribution in [0.3, 0.4) is 0 Å². The lowest BCUT2D eigenvalue weighted by Gasteiger charge is -2.05. The van der Waals surface area contributed by atoms with Gasteiger partial charge in [-0.3, -0.25) is 4.58 Å². The summed E-state index contributed by atoms with van der Waals surface area (Å²) < 4.78 is 20.1. The number of rotatable bonds is 5. The third-order valence-electron chi connectivity index (χ3n) is 2.88. The first-order chi connectivity index (χ1) is 10.5. The van der Waals surface area contributed by atoms with Gasteiger partial charge in [0.2, 0.25) is 6.34 Å². The van der Waals surface area contributed by atoms with Crippen molar-refractivity contribution < 1.29 is 18.5 Å².